The summed E-state index contributed by atoms with van der Waals surface area (Å²) in [7, 11) is 0. The first-order chi connectivity index (χ1) is 12.3. The van der Waals surface area contributed by atoms with Crippen LogP contribution in [0, 0.1) is 6.92 Å². The van der Waals surface area contributed by atoms with E-state index in [0.717, 1.165) is 5.52 Å². The van der Waals surface area contributed by atoms with Crippen molar-refractivity contribution in [1.82, 2.24) is 4.98 Å². The monoisotopic (exact) mass is 319 g/mol. The van der Waals surface area contributed by atoms with Crippen LogP contribution in [0.4, 0.5) is 0 Å². The fourth-order valence-corrected chi connectivity index (χ4v) is 3.83. The first-order valence-corrected chi connectivity index (χ1v) is 8.58. The number of rotatable bonds is 1. The number of nitrogens with zero attached hydrogens (tertiary/aromatic N) is 1. The molecule has 1 aromatic heterocycles. The number of benzene rings is 4. The van der Waals surface area contributed by atoms with E-state index in [1.807, 2.05) is 6.20 Å². The average molecular weight is 319 g/mol. The van der Waals surface area contributed by atoms with Gasteiger partial charge in [0, 0.05) is 22.5 Å². The van der Waals surface area contributed by atoms with Crippen LogP contribution in [0.15, 0.2) is 85.1 Å². The standard InChI is InChI=1S/C24H17N/c1-16-13-14-17-7-2-5-10-20(17)23(16)22-12-6-11-21-19-9-4-3-8-18(19)15-25-24(21)22/h2-15H,1H3. The van der Waals surface area contributed by atoms with Crippen LogP contribution in [0.25, 0.3) is 43.6 Å². The summed E-state index contributed by atoms with van der Waals surface area (Å²) in [6, 6.07) is 28.0. The van der Waals surface area contributed by atoms with Gasteiger partial charge in [-0.2, -0.15) is 0 Å². The molecule has 0 unspecified atom stereocenters. The Morgan fingerprint density at radius 2 is 1.32 bits per heavy atom. The molecule has 0 saturated heterocycles. The maximum atomic E-state index is 4.83. The lowest BCUT2D eigenvalue weighted by atomic mass is 9.92. The number of aryl methyl sites for hydroxylation is 1. The van der Waals surface area contributed by atoms with Crippen molar-refractivity contribution in [2.75, 3.05) is 0 Å². The van der Waals surface area contributed by atoms with Crippen LogP contribution in [-0.4, -0.2) is 4.98 Å². The SMILES string of the molecule is Cc1ccc2ccccc2c1-c1cccc2c1ncc1ccccc12. The minimum Gasteiger partial charge on any atom is -0.255 e. The van der Waals surface area contributed by atoms with Gasteiger partial charge in [0.2, 0.25) is 0 Å². The zero-order chi connectivity index (χ0) is 16.8. The molecule has 0 N–H and O–H groups in total. The van der Waals surface area contributed by atoms with Crippen LogP contribution in [0.3, 0.4) is 0 Å². The van der Waals surface area contributed by atoms with Gasteiger partial charge >= 0.3 is 0 Å². The molecule has 1 heteroatoms. The number of fused-ring (bicyclic) bond motifs is 4. The van der Waals surface area contributed by atoms with Gasteiger partial charge in [0.25, 0.3) is 0 Å². The van der Waals surface area contributed by atoms with Gasteiger partial charge in [-0.1, -0.05) is 78.9 Å². The van der Waals surface area contributed by atoms with E-state index in [0.29, 0.717) is 0 Å². The molecule has 0 spiro atoms. The maximum absolute atomic E-state index is 4.83. The highest BCUT2D eigenvalue weighted by Gasteiger charge is 2.12. The highest BCUT2D eigenvalue weighted by Crippen LogP contribution is 2.37. The molecule has 118 valence electrons. The second kappa shape index (κ2) is 5.42. The predicted octanol–water partition coefficient (Wildman–Crippen LogP) is 6.52. The van der Waals surface area contributed by atoms with E-state index in [1.165, 1.54) is 43.6 Å². The van der Waals surface area contributed by atoms with E-state index in [9.17, 15) is 0 Å². The zero-order valence-electron chi connectivity index (χ0n) is 14.0. The summed E-state index contributed by atoms with van der Waals surface area (Å²) in [5, 5.41) is 6.20. The van der Waals surface area contributed by atoms with E-state index in [2.05, 4.69) is 85.8 Å². The van der Waals surface area contributed by atoms with Crippen molar-refractivity contribution in [3.63, 3.8) is 0 Å². The van der Waals surface area contributed by atoms with Crippen LogP contribution in [0.2, 0.25) is 0 Å². The highest BCUT2D eigenvalue weighted by molar-refractivity contribution is 6.12. The van der Waals surface area contributed by atoms with Crippen molar-refractivity contribution in [3.8, 4) is 11.1 Å². The molecule has 1 nitrogen and oxygen atoms in total. The average Bonchev–Trinajstić information content (AvgIpc) is 2.67. The summed E-state index contributed by atoms with van der Waals surface area (Å²) in [6.07, 6.45) is 1.99. The molecular formula is C24H17N. The molecule has 0 aliphatic heterocycles. The molecule has 5 rings (SSSR count). The lowest BCUT2D eigenvalue weighted by Gasteiger charge is -2.13. The van der Waals surface area contributed by atoms with E-state index in [-0.39, 0.29) is 0 Å². The van der Waals surface area contributed by atoms with Crippen molar-refractivity contribution >= 4 is 32.4 Å². The summed E-state index contributed by atoms with van der Waals surface area (Å²) in [5.74, 6) is 0. The van der Waals surface area contributed by atoms with Crippen LogP contribution < -0.4 is 0 Å². The van der Waals surface area contributed by atoms with Gasteiger partial charge in [-0.3, -0.25) is 4.98 Å². The third-order valence-corrected chi connectivity index (χ3v) is 5.03. The highest BCUT2D eigenvalue weighted by atomic mass is 14.7. The van der Waals surface area contributed by atoms with E-state index in [1.54, 1.807) is 0 Å². The second-order valence-electron chi connectivity index (χ2n) is 6.53. The maximum Gasteiger partial charge on any atom is 0.0787 e. The summed E-state index contributed by atoms with van der Waals surface area (Å²) in [6.45, 7) is 2.18. The molecule has 0 bridgehead atoms. The van der Waals surface area contributed by atoms with Gasteiger partial charge in [-0.15, -0.1) is 0 Å². The Morgan fingerprint density at radius 1 is 0.600 bits per heavy atom. The minimum absolute atomic E-state index is 1.07. The third-order valence-electron chi connectivity index (χ3n) is 5.03. The molecule has 0 radical (unpaired) electrons. The van der Waals surface area contributed by atoms with Crippen LogP contribution in [0.1, 0.15) is 5.56 Å². The largest absolute Gasteiger partial charge is 0.255 e. The lowest BCUT2D eigenvalue weighted by molar-refractivity contribution is 1.43. The number of para-hydroxylation sites is 1. The van der Waals surface area contributed by atoms with Crippen molar-refractivity contribution in [2.24, 2.45) is 0 Å². The first kappa shape index (κ1) is 14.2. The summed E-state index contributed by atoms with van der Waals surface area (Å²) in [4.78, 5) is 4.83. The molecule has 0 saturated carbocycles. The number of pyridine rings is 1. The quantitative estimate of drug-likeness (QED) is 0.321. The van der Waals surface area contributed by atoms with E-state index in [4.69, 9.17) is 4.98 Å². The molecule has 5 aromatic rings. The third kappa shape index (κ3) is 2.13. The number of aromatic nitrogens is 1. The zero-order valence-corrected chi connectivity index (χ0v) is 14.0. The van der Waals surface area contributed by atoms with Crippen LogP contribution in [-0.2, 0) is 0 Å². The summed E-state index contributed by atoms with van der Waals surface area (Å²) in [5.41, 5.74) is 4.84. The smallest absolute Gasteiger partial charge is 0.0787 e. The van der Waals surface area contributed by atoms with Gasteiger partial charge in [0.05, 0.1) is 5.52 Å². The van der Waals surface area contributed by atoms with Crippen LogP contribution >= 0.6 is 0 Å². The normalized spacial score (nSPS) is 11.4. The Balaban J connectivity index is 1.94. The Hall–Kier alpha value is -3.19. The molecule has 25 heavy (non-hydrogen) atoms. The van der Waals surface area contributed by atoms with Crippen molar-refractivity contribution in [3.05, 3.63) is 90.6 Å². The second-order valence-corrected chi connectivity index (χ2v) is 6.53. The summed E-state index contributed by atoms with van der Waals surface area (Å²) < 4.78 is 0. The van der Waals surface area contributed by atoms with Crippen LogP contribution in [0.5, 0.6) is 0 Å². The van der Waals surface area contributed by atoms with Gasteiger partial charge in [-0.25, -0.2) is 0 Å². The Bertz CT molecular complexity index is 1250. The van der Waals surface area contributed by atoms with Gasteiger partial charge in [0.1, 0.15) is 0 Å². The predicted molar refractivity (Wildman–Crippen MR) is 107 cm³/mol. The molecule has 0 aliphatic rings. The Morgan fingerprint density at radius 3 is 2.20 bits per heavy atom. The minimum atomic E-state index is 1.07. The molecule has 0 atom stereocenters. The Labute approximate surface area is 146 Å². The Kier molecular flexibility index (Phi) is 3.07. The summed E-state index contributed by atoms with van der Waals surface area (Å²) >= 11 is 0. The lowest BCUT2D eigenvalue weighted by Crippen LogP contribution is -1.90. The van der Waals surface area contributed by atoms with E-state index < -0.39 is 0 Å². The van der Waals surface area contributed by atoms with Gasteiger partial charge in [-0.05, 0) is 34.2 Å². The fraction of sp³-hybridized carbons (Fsp3) is 0.0417. The van der Waals surface area contributed by atoms with Crippen molar-refractivity contribution < 1.29 is 0 Å². The molecular weight excluding hydrogens is 302 g/mol. The van der Waals surface area contributed by atoms with Crippen molar-refractivity contribution in [2.45, 2.75) is 6.92 Å². The van der Waals surface area contributed by atoms with E-state index >= 15 is 0 Å². The topological polar surface area (TPSA) is 12.9 Å². The molecule has 0 fully saturated rings. The molecule has 0 amide bonds. The van der Waals surface area contributed by atoms with Gasteiger partial charge < -0.3 is 0 Å². The molecule has 0 aliphatic carbocycles. The number of hydrogen-bond donors (Lipinski definition) is 0. The van der Waals surface area contributed by atoms with Gasteiger partial charge in [0.15, 0.2) is 0 Å². The fourth-order valence-electron chi connectivity index (χ4n) is 3.83. The number of hydrogen-bond acceptors (Lipinski definition) is 1. The van der Waals surface area contributed by atoms with Crippen molar-refractivity contribution in [1.29, 1.82) is 0 Å². The molecule has 4 aromatic carbocycles. The first-order valence-electron chi connectivity index (χ1n) is 8.58. The molecule has 1 heterocycles.